The van der Waals surface area contributed by atoms with Gasteiger partial charge in [-0.25, -0.2) is 4.98 Å². The van der Waals surface area contributed by atoms with E-state index in [9.17, 15) is 9.90 Å². The lowest BCUT2D eigenvalue weighted by molar-refractivity contribution is 0.0911. The zero-order chi connectivity index (χ0) is 15.5. The van der Waals surface area contributed by atoms with Gasteiger partial charge < -0.3 is 15.0 Å². The van der Waals surface area contributed by atoms with Gasteiger partial charge in [0.05, 0.1) is 12.3 Å². The monoisotopic (exact) mass is 296 g/mol. The number of aliphatic hydroxyl groups excluding tert-OH is 1. The number of aryl methyl sites for hydroxylation is 1. The smallest absolute Gasteiger partial charge is 0.271 e. The number of benzene rings is 1. The van der Waals surface area contributed by atoms with Crippen LogP contribution in [0.2, 0.25) is 0 Å². The molecule has 1 atom stereocenters. The number of rotatable bonds is 4. The minimum Gasteiger partial charge on any atom is -0.386 e. The van der Waals surface area contributed by atoms with Crippen LogP contribution in [-0.4, -0.2) is 32.1 Å². The number of carbonyl (C=O) groups is 1. The van der Waals surface area contributed by atoms with Crippen molar-refractivity contribution in [3.8, 4) is 0 Å². The largest absolute Gasteiger partial charge is 0.386 e. The lowest BCUT2D eigenvalue weighted by atomic mass is 10.1. The van der Waals surface area contributed by atoms with Crippen LogP contribution in [0.3, 0.4) is 0 Å². The molecular formula is C16H16N4O2. The van der Waals surface area contributed by atoms with E-state index in [1.165, 1.54) is 18.6 Å². The molecule has 0 aliphatic carbocycles. The van der Waals surface area contributed by atoms with Gasteiger partial charge in [0.2, 0.25) is 0 Å². The third kappa shape index (κ3) is 2.68. The van der Waals surface area contributed by atoms with Gasteiger partial charge in [0.1, 0.15) is 5.69 Å². The molecule has 3 rings (SSSR count). The number of aromatic nitrogens is 3. The lowest BCUT2D eigenvalue weighted by Gasteiger charge is -2.11. The van der Waals surface area contributed by atoms with Crippen molar-refractivity contribution in [3.63, 3.8) is 0 Å². The molecule has 0 spiro atoms. The zero-order valence-electron chi connectivity index (χ0n) is 12.1. The Morgan fingerprint density at radius 1 is 1.36 bits per heavy atom. The summed E-state index contributed by atoms with van der Waals surface area (Å²) in [4.78, 5) is 19.7. The average molecular weight is 296 g/mol. The van der Waals surface area contributed by atoms with Gasteiger partial charge in [0.15, 0.2) is 0 Å². The highest BCUT2D eigenvalue weighted by Crippen LogP contribution is 2.25. The second kappa shape index (κ2) is 5.95. The van der Waals surface area contributed by atoms with E-state index >= 15 is 0 Å². The first-order chi connectivity index (χ1) is 10.7. The first-order valence-electron chi connectivity index (χ1n) is 6.93. The molecule has 3 aromatic rings. The highest BCUT2D eigenvalue weighted by molar-refractivity contribution is 5.92. The minimum absolute atomic E-state index is 0.114. The van der Waals surface area contributed by atoms with Crippen LogP contribution >= 0.6 is 0 Å². The van der Waals surface area contributed by atoms with Gasteiger partial charge in [-0.3, -0.25) is 9.78 Å². The number of carbonyl (C=O) groups excluding carboxylic acids is 1. The molecule has 0 saturated heterocycles. The Bertz CT molecular complexity index is 798. The van der Waals surface area contributed by atoms with Crippen LogP contribution in [0.1, 0.15) is 22.2 Å². The van der Waals surface area contributed by atoms with E-state index in [1.54, 1.807) is 0 Å². The first kappa shape index (κ1) is 14.2. The Kier molecular flexibility index (Phi) is 3.84. The molecule has 0 radical (unpaired) electrons. The SMILES string of the molecule is Cn1cc(C(O)CNC(=O)c2cnccn2)c2ccccc21. The van der Waals surface area contributed by atoms with Crippen molar-refractivity contribution in [3.05, 3.63) is 60.3 Å². The van der Waals surface area contributed by atoms with E-state index in [2.05, 4.69) is 15.3 Å². The van der Waals surface area contributed by atoms with Crippen molar-refractivity contribution in [1.29, 1.82) is 0 Å². The number of hydrogen-bond donors (Lipinski definition) is 2. The summed E-state index contributed by atoms with van der Waals surface area (Å²) in [6.45, 7) is 0.114. The number of hydrogen-bond acceptors (Lipinski definition) is 4. The zero-order valence-corrected chi connectivity index (χ0v) is 12.1. The molecule has 0 aliphatic heterocycles. The van der Waals surface area contributed by atoms with Crippen LogP contribution in [0.5, 0.6) is 0 Å². The van der Waals surface area contributed by atoms with Gasteiger partial charge in [-0.2, -0.15) is 0 Å². The van der Waals surface area contributed by atoms with Crippen molar-refractivity contribution in [2.24, 2.45) is 7.05 Å². The molecule has 1 amide bonds. The average Bonchev–Trinajstić information content (AvgIpc) is 2.91. The lowest BCUT2D eigenvalue weighted by Crippen LogP contribution is -2.29. The Morgan fingerprint density at radius 2 is 2.18 bits per heavy atom. The predicted octanol–water partition coefficient (Wildman–Crippen LogP) is 1.43. The molecule has 1 unspecified atom stereocenters. The Balaban J connectivity index is 1.74. The van der Waals surface area contributed by atoms with Crippen LogP contribution in [0.25, 0.3) is 10.9 Å². The van der Waals surface area contributed by atoms with Gasteiger partial charge in [0, 0.05) is 48.6 Å². The fourth-order valence-electron chi connectivity index (χ4n) is 2.44. The van der Waals surface area contributed by atoms with Crippen LogP contribution in [-0.2, 0) is 7.05 Å². The predicted molar refractivity (Wildman–Crippen MR) is 82.2 cm³/mol. The summed E-state index contributed by atoms with van der Waals surface area (Å²) in [5.41, 5.74) is 2.06. The summed E-state index contributed by atoms with van der Waals surface area (Å²) in [6.07, 6.45) is 5.44. The van der Waals surface area contributed by atoms with Crippen molar-refractivity contribution in [2.45, 2.75) is 6.10 Å². The van der Waals surface area contributed by atoms with Gasteiger partial charge in [0.25, 0.3) is 5.91 Å². The van der Waals surface area contributed by atoms with Crippen molar-refractivity contribution in [1.82, 2.24) is 19.9 Å². The summed E-state index contributed by atoms with van der Waals surface area (Å²) in [5, 5.41) is 14.0. The maximum absolute atomic E-state index is 11.9. The third-order valence-electron chi connectivity index (χ3n) is 3.54. The van der Waals surface area contributed by atoms with E-state index in [0.29, 0.717) is 0 Å². The number of nitrogens with zero attached hydrogens (tertiary/aromatic N) is 3. The van der Waals surface area contributed by atoms with Gasteiger partial charge in [-0.1, -0.05) is 18.2 Å². The van der Waals surface area contributed by atoms with Gasteiger partial charge in [-0.15, -0.1) is 0 Å². The molecule has 112 valence electrons. The number of aliphatic hydroxyl groups is 1. The summed E-state index contributed by atoms with van der Waals surface area (Å²) in [5.74, 6) is -0.354. The molecule has 2 N–H and O–H groups in total. The van der Waals surface area contributed by atoms with Crippen LogP contribution < -0.4 is 5.32 Å². The van der Waals surface area contributed by atoms with Crippen LogP contribution in [0.15, 0.2) is 49.1 Å². The van der Waals surface area contributed by atoms with E-state index in [1.807, 2.05) is 42.1 Å². The molecular weight excluding hydrogens is 280 g/mol. The number of para-hydroxylation sites is 1. The van der Waals surface area contributed by atoms with E-state index in [4.69, 9.17) is 0 Å². The molecule has 6 heteroatoms. The van der Waals surface area contributed by atoms with Crippen molar-refractivity contribution >= 4 is 16.8 Å². The van der Waals surface area contributed by atoms with Gasteiger partial charge >= 0.3 is 0 Å². The molecule has 0 aliphatic rings. The Morgan fingerprint density at radius 3 is 2.95 bits per heavy atom. The second-order valence-electron chi connectivity index (χ2n) is 5.03. The maximum Gasteiger partial charge on any atom is 0.271 e. The fraction of sp³-hybridized carbons (Fsp3) is 0.188. The summed E-state index contributed by atoms with van der Waals surface area (Å²) in [7, 11) is 1.93. The Labute approximate surface area is 127 Å². The normalized spacial score (nSPS) is 12.3. The molecule has 0 bridgehead atoms. The van der Waals surface area contributed by atoms with Crippen molar-refractivity contribution < 1.29 is 9.90 Å². The summed E-state index contributed by atoms with van der Waals surface area (Å²) in [6, 6.07) is 7.83. The Hall–Kier alpha value is -2.73. The van der Waals surface area contributed by atoms with Crippen LogP contribution in [0, 0.1) is 0 Å². The second-order valence-corrected chi connectivity index (χ2v) is 5.03. The number of amides is 1. The number of fused-ring (bicyclic) bond motifs is 1. The summed E-state index contributed by atoms with van der Waals surface area (Å²) >= 11 is 0. The fourth-order valence-corrected chi connectivity index (χ4v) is 2.44. The standard InChI is InChI=1S/C16H16N4O2/c1-20-10-12(11-4-2-3-5-14(11)20)15(21)9-19-16(22)13-8-17-6-7-18-13/h2-8,10,15,21H,9H2,1H3,(H,19,22). The molecule has 2 aromatic heterocycles. The van der Waals surface area contributed by atoms with E-state index in [0.717, 1.165) is 16.5 Å². The molecule has 22 heavy (non-hydrogen) atoms. The molecule has 0 fully saturated rings. The number of nitrogens with one attached hydrogen (secondary N) is 1. The van der Waals surface area contributed by atoms with Crippen molar-refractivity contribution in [2.75, 3.05) is 6.54 Å². The maximum atomic E-state index is 11.9. The van der Waals surface area contributed by atoms with E-state index in [-0.39, 0.29) is 18.1 Å². The quantitative estimate of drug-likeness (QED) is 0.763. The van der Waals surface area contributed by atoms with Crippen LogP contribution in [0.4, 0.5) is 0 Å². The topological polar surface area (TPSA) is 80.0 Å². The van der Waals surface area contributed by atoms with E-state index < -0.39 is 6.10 Å². The molecule has 2 heterocycles. The highest BCUT2D eigenvalue weighted by Gasteiger charge is 2.16. The molecule has 1 aromatic carbocycles. The third-order valence-corrected chi connectivity index (χ3v) is 3.54. The minimum atomic E-state index is -0.785. The molecule has 0 saturated carbocycles. The summed E-state index contributed by atoms with van der Waals surface area (Å²) < 4.78 is 1.96. The van der Waals surface area contributed by atoms with Gasteiger partial charge in [-0.05, 0) is 6.07 Å². The molecule has 6 nitrogen and oxygen atoms in total. The highest BCUT2D eigenvalue weighted by atomic mass is 16.3. The first-order valence-corrected chi connectivity index (χ1v) is 6.93.